The van der Waals surface area contributed by atoms with Gasteiger partial charge in [-0.1, -0.05) is 24.3 Å². The van der Waals surface area contributed by atoms with E-state index in [1.54, 1.807) is 65.6 Å². The number of nitrogens with zero attached hydrogens (tertiary/aromatic N) is 1. The third-order valence-corrected chi connectivity index (χ3v) is 5.75. The van der Waals surface area contributed by atoms with Crippen molar-refractivity contribution in [1.82, 2.24) is 5.32 Å². The highest BCUT2D eigenvalue weighted by Crippen LogP contribution is 2.28. The normalized spacial score (nSPS) is 15.1. The SMILES string of the molecule is CCOc1ccc(N2C[C@@H](C(=O)Nc3ccccc3C(=O)NCc3ccc(F)cc3)CC2=O)cc1. The molecule has 8 heteroatoms. The van der Waals surface area contributed by atoms with Crippen molar-refractivity contribution in [3.8, 4) is 5.75 Å². The maximum absolute atomic E-state index is 13.1. The number of hydrogen-bond acceptors (Lipinski definition) is 4. The van der Waals surface area contributed by atoms with Crippen molar-refractivity contribution in [2.75, 3.05) is 23.4 Å². The predicted molar refractivity (Wildman–Crippen MR) is 131 cm³/mol. The summed E-state index contributed by atoms with van der Waals surface area (Å²) in [4.78, 5) is 39.9. The van der Waals surface area contributed by atoms with Crippen molar-refractivity contribution in [2.24, 2.45) is 5.92 Å². The van der Waals surface area contributed by atoms with E-state index in [-0.39, 0.29) is 43.0 Å². The van der Waals surface area contributed by atoms with E-state index in [0.717, 1.165) is 5.56 Å². The molecule has 1 heterocycles. The first-order valence-corrected chi connectivity index (χ1v) is 11.4. The van der Waals surface area contributed by atoms with E-state index in [2.05, 4.69) is 10.6 Å². The molecule has 0 unspecified atom stereocenters. The van der Waals surface area contributed by atoms with Gasteiger partial charge < -0.3 is 20.3 Å². The highest BCUT2D eigenvalue weighted by molar-refractivity contribution is 6.07. The summed E-state index contributed by atoms with van der Waals surface area (Å²) in [5.41, 5.74) is 2.12. The average Bonchev–Trinajstić information content (AvgIpc) is 3.26. The Labute approximate surface area is 202 Å². The standard InChI is InChI=1S/C27H26FN3O4/c1-2-35-22-13-11-21(12-14-22)31-17-19(15-25(31)32)26(33)30-24-6-4-3-5-23(24)27(34)29-16-18-7-9-20(28)10-8-18/h3-14,19H,2,15-17H2,1H3,(H,29,34)(H,30,33)/t19-/m0/s1. The van der Waals surface area contributed by atoms with Crippen molar-refractivity contribution >= 4 is 29.1 Å². The summed E-state index contributed by atoms with van der Waals surface area (Å²) in [7, 11) is 0. The topological polar surface area (TPSA) is 87.7 Å². The number of carbonyl (C=O) groups excluding carboxylic acids is 3. The number of hydrogen-bond donors (Lipinski definition) is 2. The van der Waals surface area contributed by atoms with E-state index in [1.165, 1.54) is 12.1 Å². The summed E-state index contributed by atoms with van der Waals surface area (Å²) in [6.07, 6.45) is 0.0813. The lowest BCUT2D eigenvalue weighted by Gasteiger charge is -2.17. The number of rotatable bonds is 8. The van der Waals surface area contributed by atoms with Gasteiger partial charge in [0, 0.05) is 25.2 Å². The van der Waals surface area contributed by atoms with Crippen LogP contribution >= 0.6 is 0 Å². The van der Waals surface area contributed by atoms with Gasteiger partial charge in [0.2, 0.25) is 11.8 Å². The Morgan fingerprint density at radius 3 is 2.46 bits per heavy atom. The number of amides is 3. The van der Waals surface area contributed by atoms with E-state index in [4.69, 9.17) is 4.74 Å². The molecule has 1 saturated heterocycles. The van der Waals surface area contributed by atoms with E-state index < -0.39 is 5.92 Å². The molecule has 3 amide bonds. The third kappa shape index (κ3) is 5.84. The summed E-state index contributed by atoms with van der Waals surface area (Å²) >= 11 is 0. The zero-order chi connectivity index (χ0) is 24.8. The molecule has 0 spiro atoms. The van der Waals surface area contributed by atoms with Crippen LogP contribution in [0.2, 0.25) is 0 Å². The predicted octanol–water partition coefficient (Wildman–Crippen LogP) is 4.15. The second-order valence-corrected chi connectivity index (χ2v) is 8.18. The lowest BCUT2D eigenvalue weighted by Crippen LogP contribution is -2.29. The molecule has 4 rings (SSSR count). The number of ether oxygens (including phenoxy) is 1. The highest BCUT2D eigenvalue weighted by atomic mass is 19.1. The molecule has 7 nitrogen and oxygen atoms in total. The molecule has 0 saturated carbocycles. The fraction of sp³-hybridized carbons (Fsp3) is 0.222. The first kappa shape index (κ1) is 23.9. The van der Waals surface area contributed by atoms with Crippen LogP contribution in [-0.4, -0.2) is 30.9 Å². The van der Waals surface area contributed by atoms with Gasteiger partial charge in [-0.3, -0.25) is 14.4 Å². The molecule has 0 aromatic heterocycles. The van der Waals surface area contributed by atoms with Crippen LogP contribution in [0.15, 0.2) is 72.8 Å². The van der Waals surface area contributed by atoms with Crippen molar-refractivity contribution in [2.45, 2.75) is 19.9 Å². The molecule has 1 fully saturated rings. The van der Waals surface area contributed by atoms with Gasteiger partial charge in [0.15, 0.2) is 0 Å². The monoisotopic (exact) mass is 475 g/mol. The number of benzene rings is 3. The first-order chi connectivity index (χ1) is 16.9. The quantitative estimate of drug-likeness (QED) is 0.513. The molecule has 1 atom stereocenters. The minimum Gasteiger partial charge on any atom is -0.494 e. The van der Waals surface area contributed by atoms with Gasteiger partial charge in [0.05, 0.1) is 23.8 Å². The van der Waals surface area contributed by atoms with E-state index in [9.17, 15) is 18.8 Å². The van der Waals surface area contributed by atoms with Crippen LogP contribution in [0.4, 0.5) is 15.8 Å². The Morgan fingerprint density at radius 2 is 1.74 bits per heavy atom. The van der Waals surface area contributed by atoms with Crippen LogP contribution < -0.4 is 20.3 Å². The molecular formula is C27H26FN3O4. The molecule has 35 heavy (non-hydrogen) atoms. The van der Waals surface area contributed by atoms with Crippen molar-refractivity contribution < 1.29 is 23.5 Å². The Hall–Kier alpha value is -4.20. The number of para-hydroxylation sites is 1. The molecule has 1 aliphatic rings. The maximum atomic E-state index is 13.1. The van der Waals surface area contributed by atoms with Gasteiger partial charge >= 0.3 is 0 Å². The first-order valence-electron chi connectivity index (χ1n) is 11.4. The number of carbonyl (C=O) groups is 3. The molecule has 180 valence electrons. The molecule has 0 radical (unpaired) electrons. The molecule has 2 N–H and O–H groups in total. The largest absolute Gasteiger partial charge is 0.494 e. The minimum atomic E-state index is -0.551. The average molecular weight is 476 g/mol. The lowest BCUT2D eigenvalue weighted by molar-refractivity contribution is -0.122. The molecule has 0 aliphatic carbocycles. The lowest BCUT2D eigenvalue weighted by atomic mass is 10.1. The van der Waals surface area contributed by atoms with Gasteiger partial charge in [-0.25, -0.2) is 4.39 Å². The summed E-state index contributed by atoms with van der Waals surface area (Å²) in [5.74, 6) is -1.02. The molecular weight excluding hydrogens is 449 g/mol. The van der Waals surface area contributed by atoms with E-state index in [0.29, 0.717) is 29.3 Å². The molecule has 1 aliphatic heterocycles. The van der Waals surface area contributed by atoms with Crippen LogP contribution in [-0.2, 0) is 16.1 Å². The summed E-state index contributed by atoms with van der Waals surface area (Å²) in [5, 5.41) is 5.59. The number of halogens is 1. The zero-order valence-corrected chi connectivity index (χ0v) is 19.3. The zero-order valence-electron chi connectivity index (χ0n) is 19.3. The maximum Gasteiger partial charge on any atom is 0.253 e. The summed E-state index contributed by atoms with van der Waals surface area (Å²) < 4.78 is 18.5. The van der Waals surface area contributed by atoms with Crippen molar-refractivity contribution in [1.29, 1.82) is 0 Å². The van der Waals surface area contributed by atoms with E-state index >= 15 is 0 Å². The highest BCUT2D eigenvalue weighted by Gasteiger charge is 2.35. The molecule has 3 aromatic carbocycles. The van der Waals surface area contributed by atoms with Gasteiger partial charge in [-0.15, -0.1) is 0 Å². The second kappa shape index (κ2) is 10.8. The van der Waals surface area contributed by atoms with Gasteiger partial charge in [0.25, 0.3) is 5.91 Å². The van der Waals surface area contributed by atoms with Crippen molar-refractivity contribution in [3.05, 3.63) is 89.7 Å². The second-order valence-electron chi connectivity index (χ2n) is 8.18. The Bertz CT molecular complexity index is 1210. The van der Waals surface area contributed by atoms with Crippen LogP contribution in [0.25, 0.3) is 0 Å². The van der Waals surface area contributed by atoms with Crippen LogP contribution in [0.3, 0.4) is 0 Å². The Morgan fingerprint density at radius 1 is 1.03 bits per heavy atom. The minimum absolute atomic E-state index is 0.0813. The Kier molecular flexibility index (Phi) is 7.40. The summed E-state index contributed by atoms with van der Waals surface area (Å²) in [6.45, 7) is 2.91. The van der Waals surface area contributed by atoms with Gasteiger partial charge in [-0.2, -0.15) is 0 Å². The van der Waals surface area contributed by atoms with Crippen LogP contribution in [0, 0.1) is 11.7 Å². The Balaban J connectivity index is 1.39. The van der Waals surface area contributed by atoms with E-state index in [1.807, 2.05) is 6.92 Å². The third-order valence-electron chi connectivity index (χ3n) is 5.75. The fourth-order valence-electron chi connectivity index (χ4n) is 3.93. The van der Waals surface area contributed by atoms with Gasteiger partial charge in [0.1, 0.15) is 11.6 Å². The number of anilines is 2. The smallest absolute Gasteiger partial charge is 0.253 e. The fourth-order valence-corrected chi connectivity index (χ4v) is 3.93. The van der Waals surface area contributed by atoms with Crippen LogP contribution in [0.5, 0.6) is 5.75 Å². The summed E-state index contributed by atoms with van der Waals surface area (Å²) in [6, 6.07) is 19.7. The number of nitrogens with one attached hydrogen (secondary N) is 2. The van der Waals surface area contributed by atoms with Crippen molar-refractivity contribution in [3.63, 3.8) is 0 Å². The van der Waals surface area contributed by atoms with Gasteiger partial charge in [-0.05, 0) is 61.0 Å². The molecule has 0 bridgehead atoms. The molecule has 3 aromatic rings. The van der Waals surface area contributed by atoms with Crippen LogP contribution in [0.1, 0.15) is 29.3 Å².